The van der Waals surface area contributed by atoms with Gasteiger partial charge in [-0.05, 0) is 29.7 Å². The number of aliphatic hydroxyl groups excluding tert-OH is 1. The molecule has 0 aliphatic heterocycles. The first kappa shape index (κ1) is 22.4. The fourth-order valence-corrected chi connectivity index (χ4v) is 3.09. The van der Waals surface area contributed by atoms with Gasteiger partial charge in [0, 0.05) is 32.5 Å². The van der Waals surface area contributed by atoms with Gasteiger partial charge in [-0.1, -0.05) is 49.4 Å². The number of carbonyl (C=O) groups excluding carboxylic acids is 2. The number of ether oxygens (including phenoxy) is 1. The van der Waals surface area contributed by atoms with Gasteiger partial charge in [0.05, 0.1) is 7.11 Å². The zero-order valence-electron chi connectivity index (χ0n) is 17.1. The lowest BCUT2D eigenvalue weighted by Crippen LogP contribution is -2.50. The molecule has 29 heavy (non-hydrogen) atoms. The van der Waals surface area contributed by atoms with E-state index in [0.717, 1.165) is 16.9 Å². The second-order valence-corrected chi connectivity index (χ2v) is 6.80. The molecule has 2 N–H and O–H groups in total. The fraction of sp³-hybridized carbons (Fsp3) is 0.391. The predicted octanol–water partition coefficient (Wildman–Crippen LogP) is 2.54. The van der Waals surface area contributed by atoms with Crippen molar-refractivity contribution in [3.63, 3.8) is 0 Å². The van der Waals surface area contributed by atoms with Crippen LogP contribution in [0, 0.1) is 0 Å². The van der Waals surface area contributed by atoms with Crippen molar-refractivity contribution in [2.24, 2.45) is 0 Å². The first-order valence-electron chi connectivity index (χ1n) is 9.94. The molecule has 0 aliphatic rings. The Kier molecular flexibility index (Phi) is 9.18. The molecule has 0 saturated heterocycles. The molecule has 0 fully saturated rings. The molecule has 6 nitrogen and oxygen atoms in total. The lowest BCUT2D eigenvalue weighted by atomic mass is 10.0. The highest BCUT2D eigenvalue weighted by atomic mass is 16.5. The van der Waals surface area contributed by atoms with Gasteiger partial charge in [0.15, 0.2) is 0 Å². The monoisotopic (exact) mass is 398 g/mol. The smallest absolute Gasteiger partial charge is 0.243 e. The molecule has 0 radical (unpaired) electrons. The molecule has 0 heterocycles. The van der Waals surface area contributed by atoms with Crippen LogP contribution in [0.4, 0.5) is 0 Å². The molecular weight excluding hydrogens is 368 g/mol. The third-order valence-corrected chi connectivity index (χ3v) is 4.72. The van der Waals surface area contributed by atoms with Crippen molar-refractivity contribution in [1.29, 1.82) is 0 Å². The van der Waals surface area contributed by atoms with Crippen LogP contribution in [0.1, 0.15) is 30.9 Å². The molecule has 0 saturated carbocycles. The summed E-state index contributed by atoms with van der Waals surface area (Å²) in [5.74, 6) is 0.446. The number of amides is 2. The third-order valence-electron chi connectivity index (χ3n) is 4.72. The Labute approximate surface area is 172 Å². The molecule has 0 spiro atoms. The number of benzene rings is 2. The Balaban J connectivity index is 2.28. The van der Waals surface area contributed by atoms with Crippen LogP contribution in [0.2, 0.25) is 0 Å². The van der Waals surface area contributed by atoms with Crippen molar-refractivity contribution < 1.29 is 19.4 Å². The average Bonchev–Trinajstić information content (AvgIpc) is 2.76. The summed E-state index contributed by atoms with van der Waals surface area (Å²) in [7, 11) is 1.61. The molecule has 0 bridgehead atoms. The van der Waals surface area contributed by atoms with Gasteiger partial charge in [-0.2, -0.15) is 0 Å². The SMILES string of the molecule is CCC(=O)N(Cc1ccc(OC)cc1)[C@H](Cc1ccccc1)C(=O)NCCCO. The topological polar surface area (TPSA) is 78.9 Å². The van der Waals surface area contributed by atoms with Crippen LogP contribution in [-0.4, -0.2) is 48.1 Å². The Morgan fingerprint density at radius 3 is 2.34 bits per heavy atom. The van der Waals surface area contributed by atoms with Crippen LogP contribution in [0.5, 0.6) is 5.75 Å². The summed E-state index contributed by atoms with van der Waals surface area (Å²) >= 11 is 0. The number of nitrogens with zero attached hydrogens (tertiary/aromatic N) is 1. The van der Waals surface area contributed by atoms with Gasteiger partial charge in [0.2, 0.25) is 11.8 Å². The zero-order chi connectivity index (χ0) is 21.1. The van der Waals surface area contributed by atoms with Gasteiger partial charge >= 0.3 is 0 Å². The van der Waals surface area contributed by atoms with E-state index in [0.29, 0.717) is 32.4 Å². The third kappa shape index (κ3) is 6.91. The summed E-state index contributed by atoms with van der Waals surface area (Å²) in [4.78, 5) is 27.4. The number of rotatable bonds is 11. The minimum Gasteiger partial charge on any atom is -0.497 e. The highest BCUT2D eigenvalue weighted by Gasteiger charge is 2.29. The molecule has 1 atom stereocenters. The molecule has 2 rings (SSSR count). The minimum absolute atomic E-state index is 0.00703. The van der Waals surface area contributed by atoms with Crippen molar-refractivity contribution in [3.05, 3.63) is 65.7 Å². The first-order chi connectivity index (χ1) is 14.1. The maximum Gasteiger partial charge on any atom is 0.243 e. The number of hydrogen-bond donors (Lipinski definition) is 2. The summed E-state index contributed by atoms with van der Waals surface area (Å²) in [5, 5.41) is 11.9. The Morgan fingerprint density at radius 1 is 1.07 bits per heavy atom. The van der Waals surface area contributed by atoms with Crippen molar-refractivity contribution in [2.45, 2.75) is 38.8 Å². The first-order valence-corrected chi connectivity index (χ1v) is 9.94. The van der Waals surface area contributed by atoms with E-state index in [4.69, 9.17) is 9.84 Å². The number of carbonyl (C=O) groups is 2. The van der Waals surface area contributed by atoms with Gasteiger partial charge in [-0.3, -0.25) is 9.59 Å². The molecule has 0 aliphatic carbocycles. The number of hydrogen-bond acceptors (Lipinski definition) is 4. The van der Waals surface area contributed by atoms with Crippen LogP contribution < -0.4 is 10.1 Å². The summed E-state index contributed by atoms with van der Waals surface area (Å²) < 4.78 is 5.20. The van der Waals surface area contributed by atoms with Gasteiger partial charge in [-0.25, -0.2) is 0 Å². The number of methoxy groups -OCH3 is 1. The average molecular weight is 399 g/mol. The van der Waals surface area contributed by atoms with E-state index in [9.17, 15) is 9.59 Å². The second-order valence-electron chi connectivity index (χ2n) is 6.80. The number of nitrogens with one attached hydrogen (secondary N) is 1. The van der Waals surface area contributed by atoms with Gasteiger partial charge < -0.3 is 20.1 Å². The molecule has 2 aromatic rings. The minimum atomic E-state index is -0.634. The van der Waals surface area contributed by atoms with Crippen molar-refractivity contribution in [2.75, 3.05) is 20.3 Å². The fourth-order valence-electron chi connectivity index (χ4n) is 3.09. The molecular formula is C23H30N2O4. The van der Waals surface area contributed by atoms with Crippen LogP contribution in [0.15, 0.2) is 54.6 Å². The van der Waals surface area contributed by atoms with E-state index >= 15 is 0 Å². The van der Waals surface area contributed by atoms with E-state index in [-0.39, 0.29) is 18.4 Å². The number of aliphatic hydroxyl groups is 1. The Morgan fingerprint density at radius 2 is 1.76 bits per heavy atom. The van der Waals surface area contributed by atoms with Crippen molar-refractivity contribution >= 4 is 11.8 Å². The van der Waals surface area contributed by atoms with Crippen LogP contribution >= 0.6 is 0 Å². The molecule has 6 heteroatoms. The van der Waals surface area contributed by atoms with Crippen molar-refractivity contribution in [3.8, 4) is 5.75 Å². The highest BCUT2D eigenvalue weighted by Crippen LogP contribution is 2.18. The zero-order valence-corrected chi connectivity index (χ0v) is 17.1. The van der Waals surface area contributed by atoms with E-state index in [1.807, 2.05) is 54.6 Å². The molecule has 2 aromatic carbocycles. The molecule has 0 aromatic heterocycles. The van der Waals surface area contributed by atoms with Crippen molar-refractivity contribution in [1.82, 2.24) is 10.2 Å². The van der Waals surface area contributed by atoms with Gasteiger partial charge in [-0.15, -0.1) is 0 Å². The highest BCUT2D eigenvalue weighted by molar-refractivity contribution is 5.87. The lowest BCUT2D eigenvalue weighted by Gasteiger charge is -2.31. The molecule has 156 valence electrons. The van der Waals surface area contributed by atoms with Crippen LogP contribution in [-0.2, 0) is 22.6 Å². The summed E-state index contributed by atoms with van der Waals surface area (Å²) in [6.45, 7) is 2.51. The van der Waals surface area contributed by atoms with E-state index in [2.05, 4.69) is 5.32 Å². The quantitative estimate of drug-likeness (QED) is 0.570. The predicted molar refractivity (Wildman–Crippen MR) is 112 cm³/mol. The lowest BCUT2D eigenvalue weighted by molar-refractivity contribution is -0.141. The van der Waals surface area contributed by atoms with Gasteiger partial charge in [0.25, 0.3) is 0 Å². The second kappa shape index (κ2) is 11.9. The van der Waals surface area contributed by atoms with E-state index in [1.165, 1.54) is 0 Å². The van der Waals surface area contributed by atoms with Gasteiger partial charge in [0.1, 0.15) is 11.8 Å². The summed E-state index contributed by atoms with van der Waals surface area (Å²) in [6.07, 6.45) is 1.21. The van der Waals surface area contributed by atoms with Crippen LogP contribution in [0.3, 0.4) is 0 Å². The van der Waals surface area contributed by atoms with E-state index in [1.54, 1.807) is 18.9 Å². The largest absolute Gasteiger partial charge is 0.497 e. The summed E-state index contributed by atoms with van der Waals surface area (Å²) in [6, 6.07) is 16.5. The maximum atomic E-state index is 13.0. The Hall–Kier alpha value is -2.86. The van der Waals surface area contributed by atoms with E-state index < -0.39 is 6.04 Å². The normalized spacial score (nSPS) is 11.6. The molecule has 2 amide bonds. The maximum absolute atomic E-state index is 13.0. The molecule has 0 unspecified atom stereocenters. The van der Waals surface area contributed by atoms with Crippen LogP contribution in [0.25, 0.3) is 0 Å². The summed E-state index contributed by atoms with van der Waals surface area (Å²) in [5.41, 5.74) is 1.91. The standard InChI is InChI=1S/C23H30N2O4/c1-3-22(27)25(17-19-10-12-20(29-2)13-11-19)21(23(28)24-14-7-15-26)16-18-8-5-4-6-9-18/h4-6,8-13,21,26H,3,7,14-17H2,1-2H3,(H,24,28)/t21-/m1/s1. The Bertz CT molecular complexity index is 762.